The van der Waals surface area contributed by atoms with Crippen LogP contribution in [-0.2, 0) is 14.4 Å². The van der Waals surface area contributed by atoms with E-state index in [0.717, 1.165) is 5.56 Å². The van der Waals surface area contributed by atoms with Gasteiger partial charge < -0.3 is 10.4 Å². The van der Waals surface area contributed by atoms with Gasteiger partial charge in [0.15, 0.2) is 5.78 Å². The van der Waals surface area contributed by atoms with Crippen molar-refractivity contribution in [3.63, 3.8) is 0 Å². The van der Waals surface area contributed by atoms with Gasteiger partial charge in [-0.1, -0.05) is 30.3 Å². The first-order valence-electron chi connectivity index (χ1n) is 6.32. The minimum Gasteiger partial charge on any atom is -0.481 e. The van der Waals surface area contributed by atoms with E-state index in [4.69, 9.17) is 5.11 Å². The summed E-state index contributed by atoms with van der Waals surface area (Å²) < 4.78 is 0. The molecule has 2 N–H and O–H groups in total. The van der Waals surface area contributed by atoms with Gasteiger partial charge in [-0.05, 0) is 18.1 Å². The number of ketones is 1. The minimum absolute atomic E-state index is 0.0341. The average molecular weight is 275 g/mol. The molecule has 5 heteroatoms. The number of carboxylic acids is 1. The molecule has 0 aliphatic rings. The highest BCUT2D eigenvalue weighted by molar-refractivity contribution is 5.94. The van der Waals surface area contributed by atoms with E-state index >= 15 is 0 Å². The molecule has 20 heavy (non-hydrogen) atoms. The topological polar surface area (TPSA) is 83.5 Å². The number of rotatable bonds is 8. The molecule has 0 aromatic heterocycles. The normalized spacial score (nSPS) is 10.4. The summed E-state index contributed by atoms with van der Waals surface area (Å²) in [4.78, 5) is 33.1. The largest absolute Gasteiger partial charge is 0.481 e. The summed E-state index contributed by atoms with van der Waals surface area (Å²) in [6.07, 6.45) is 3.44. The van der Waals surface area contributed by atoms with Crippen LogP contribution in [0, 0.1) is 0 Å². The fourth-order valence-corrected chi connectivity index (χ4v) is 1.51. The van der Waals surface area contributed by atoms with Gasteiger partial charge in [0.2, 0.25) is 5.91 Å². The molecule has 0 unspecified atom stereocenters. The second-order valence-electron chi connectivity index (χ2n) is 4.25. The fourth-order valence-electron chi connectivity index (χ4n) is 1.51. The van der Waals surface area contributed by atoms with E-state index in [2.05, 4.69) is 5.32 Å². The van der Waals surface area contributed by atoms with Crippen molar-refractivity contribution >= 4 is 23.7 Å². The molecule has 1 amide bonds. The Morgan fingerprint density at radius 3 is 2.45 bits per heavy atom. The summed E-state index contributed by atoms with van der Waals surface area (Å²) in [6.45, 7) is -0.0718. The van der Waals surface area contributed by atoms with Gasteiger partial charge in [0.05, 0.1) is 6.54 Å². The van der Waals surface area contributed by atoms with Crippen LogP contribution in [0.1, 0.15) is 24.8 Å². The van der Waals surface area contributed by atoms with E-state index in [1.54, 1.807) is 6.08 Å². The van der Waals surface area contributed by atoms with Crippen molar-refractivity contribution in [1.82, 2.24) is 5.32 Å². The Morgan fingerprint density at radius 2 is 1.80 bits per heavy atom. The van der Waals surface area contributed by atoms with Crippen molar-refractivity contribution < 1.29 is 19.5 Å². The lowest BCUT2D eigenvalue weighted by Crippen LogP contribution is -2.27. The first kappa shape index (κ1) is 15.6. The molecular formula is C15H17NO4. The van der Waals surface area contributed by atoms with Crippen LogP contribution in [0.25, 0.3) is 6.08 Å². The monoisotopic (exact) mass is 275 g/mol. The van der Waals surface area contributed by atoms with Gasteiger partial charge in [0.1, 0.15) is 0 Å². The van der Waals surface area contributed by atoms with Gasteiger partial charge in [-0.25, -0.2) is 0 Å². The van der Waals surface area contributed by atoms with Crippen LogP contribution < -0.4 is 5.32 Å². The van der Waals surface area contributed by atoms with Crippen molar-refractivity contribution in [2.45, 2.75) is 19.3 Å². The molecule has 0 atom stereocenters. The average Bonchev–Trinajstić information content (AvgIpc) is 2.43. The van der Waals surface area contributed by atoms with Crippen LogP contribution in [0.2, 0.25) is 0 Å². The van der Waals surface area contributed by atoms with Crippen LogP contribution in [0.3, 0.4) is 0 Å². The van der Waals surface area contributed by atoms with Gasteiger partial charge in [0.25, 0.3) is 0 Å². The van der Waals surface area contributed by atoms with Crippen molar-refractivity contribution in [2.24, 2.45) is 0 Å². The predicted molar refractivity (Wildman–Crippen MR) is 75.0 cm³/mol. The van der Waals surface area contributed by atoms with Gasteiger partial charge in [-0.15, -0.1) is 0 Å². The molecule has 0 radical (unpaired) electrons. The highest BCUT2D eigenvalue weighted by atomic mass is 16.4. The number of nitrogens with one attached hydrogen (secondary N) is 1. The Kier molecular flexibility index (Phi) is 6.75. The number of carboxylic acid groups (broad SMARTS) is 1. The molecule has 0 spiro atoms. The van der Waals surface area contributed by atoms with E-state index in [9.17, 15) is 14.4 Å². The maximum Gasteiger partial charge on any atom is 0.303 e. The molecule has 1 aromatic carbocycles. The molecule has 1 rings (SSSR count). The summed E-state index contributed by atoms with van der Waals surface area (Å²) in [5.41, 5.74) is 0.899. The maximum atomic E-state index is 11.5. The SMILES string of the molecule is O=C(O)CCCC(=O)CNC(=O)/C=C/c1ccccc1. The van der Waals surface area contributed by atoms with E-state index in [0.29, 0.717) is 6.42 Å². The summed E-state index contributed by atoms with van der Waals surface area (Å²) in [6, 6.07) is 9.34. The van der Waals surface area contributed by atoms with Crippen molar-refractivity contribution in [3.05, 3.63) is 42.0 Å². The standard InChI is InChI=1S/C15H17NO4/c17-13(7-4-8-15(19)20)11-16-14(18)10-9-12-5-2-1-3-6-12/h1-3,5-6,9-10H,4,7-8,11H2,(H,16,18)(H,19,20)/b10-9+. The van der Waals surface area contributed by atoms with Crippen molar-refractivity contribution in [3.8, 4) is 0 Å². The summed E-state index contributed by atoms with van der Waals surface area (Å²) in [5.74, 6) is -1.44. The number of amides is 1. The molecule has 106 valence electrons. The van der Waals surface area contributed by atoms with Gasteiger partial charge in [-0.3, -0.25) is 14.4 Å². The molecule has 0 saturated carbocycles. The number of Topliss-reactive ketones (excluding diaryl/α,β-unsaturated/α-hetero) is 1. The lowest BCUT2D eigenvalue weighted by atomic mass is 10.2. The Balaban J connectivity index is 2.24. The van der Waals surface area contributed by atoms with Gasteiger partial charge in [-0.2, -0.15) is 0 Å². The van der Waals surface area contributed by atoms with E-state index in [1.165, 1.54) is 6.08 Å². The Labute approximate surface area is 117 Å². The second-order valence-corrected chi connectivity index (χ2v) is 4.25. The molecule has 0 fully saturated rings. The first-order valence-corrected chi connectivity index (χ1v) is 6.32. The molecule has 0 aliphatic carbocycles. The van der Waals surface area contributed by atoms with Crippen LogP contribution in [-0.4, -0.2) is 29.3 Å². The molecule has 1 aromatic rings. The highest BCUT2D eigenvalue weighted by Gasteiger charge is 2.05. The van der Waals surface area contributed by atoms with E-state index in [1.807, 2.05) is 30.3 Å². The lowest BCUT2D eigenvalue weighted by molar-refractivity contribution is -0.137. The minimum atomic E-state index is -0.923. The zero-order valence-electron chi connectivity index (χ0n) is 11.0. The summed E-state index contributed by atoms with van der Waals surface area (Å²) in [5, 5.41) is 10.9. The highest BCUT2D eigenvalue weighted by Crippen LogP contribution is 2.00. The molecule has 0 aliphatic heterocycles. The summed E-state index contributed by atoms with van der Waals surface area (Å²) >= 11 is 0. The van der Waals surface area contributed by atoms with Crippen LogP contribution in [0.5, 0.6) is 0 Å². The number of hydrogen-bond donors (Lipinski definition) is 2. The third-order valence-corrected chi connectivity index (χ3v) is 2.53. The molecule has 0 bridgehead atoms. The number of aliphatic carboxylic acids is 1. The molecular weight excluding hydrogens is 258 g/mol. The second kappa shape index (κ2) is 8.63. The molecule has 5 nitrogen and oxygen atoms in total. The number of benzene rings is 1. The van der Waals surface area contributed by atoms with Crippen molar-refractivity contribution in [2.75, 3.05) is 6.54 Å². The number of carbonyl (C=O) groups is 3. The smallest absolute Gasteiger partial charge is 0.303 e. The first-order chi connectivity index (χ1) is 9.58. The summed E-state index contributed by atoms with van der Waals surface area (Å²) in [7, 11) is 0. The third kappa shape index (κ3) is 7.10. The third-order valence-electron chi connectivity index (χ3n) is 2.53. The van der Waals surface area contributed by atoms with Crippen LogP contribution >= 0.6 is 0 Å². The zero-order chi connectivity index (χ0) is 14.8. The van der Waals surface area contributed by atoms with Crippen LogP contribution in [0.15, 0.2) is 36.4 Å². The number of carbonyl (C=O) groups excluding carboxylic acids is 2. The molecule has 0 heterocycles. The predicted octanol–water partition coefficient (Wildman–Crippen LogP) is 1.64. The Hall–Kier alpha value is -2.43. The number of hydrogen-bond acceptors (Lipinski definition) is 3. The Morgan fingerprint density at radius 1 is 1.10 bits per heavy atom. The van der Waals surface area contributed by atoms with E-state index < -0.39 is 5.97 Å². The van der Waals surface area contributed by atoms with E-state index in [-0.39, 0.29) is 31.1 Å². The maximum absolute atomic E-state index is 11.5. The lowest BCUT2D eigenvalue weighted by Gasteiger charge is -2.01. The van der Waals surface area contributed by atoms with Gasteiger partial charge in [0, 0.05) is 18.9 Å². The quantitative estimate of drug-likeness (QED) is 0.706. The Bertz CT molecular complexity index is 494. The molecule has 0 saturated heterocycles. The fraction of sp³-hybridized carbons (Fsp3) is 0.267. The van der Waals surface area contributed by atoms with Crippen molar-refractivity contribution in [1.29, 1.82) is 0 Å². The van der Waals surface area contributed by atoms with Crippen LogP contribution in [0.4, 0.5) is 0 Å². The zero-order valence-corrected chi connectivity index (χ0v) is 11.0. The van der Waals surface area contributed by atoms with Gasteiger partial charge >= 0.3 is 5.97 Å².